The standard InChI is InChI=1S/C7H5ClF3N3O/c8-5-3(6(12)14-15)1-2-4(13-5)7(9,10)11/h1-2,15H,(H2,12,14). The highest BCUT2D eigenvalue weighted by atomic mass is 35.5. The molecule has 3 N–H and O–H groups in total. The Bertz CT molecular complexity index is 405. The molecule has 8 heteroatoms. The van der Waals surface area contributed by atoms with Gasteiger partial charge >= 0.3 is 6.18 Å². The molecule has 82 valence electrons. The van der Waals surface area contributed by atoms with E-state index in [-0.39, 0.29) is 5.56 Å². The van der Waals surface area contributed by atoms with E-state index < -0.39 is 22.9 Å². The summed E-state index contributed by atoms with van der Waals surface area (Å²) >= 11 is 5.43. The van der Waals surface area contributed by atoms with Crippen LogP contribution in [0.25, 0.3) is 0 Å². The number of amidine groups is 1. The van der Waals surface area contributed by atoms with Gasteiger partial charge in [-0.3, -0.25) is 0 Å². The second kappa shape index (κ2) is 3.93. The van der Waals surface area contributed by atoms with E-state index in [2.05, 4.69) is 10.1 Å². The Morgan fingerprint density at radius 1 is 1.47 bits per heavy atom. The molecule has 0 unspecified atom stereocenters. The van der Waals surface area contributed by atoms with Crippen LogP contribution in [-0.4, -0.2) is 16.0 Å². The third-order valence-corrected chi connectivity index (χ3v) is 1.81. The van der Waals surface area contributed by atoms with Crippen LogP contribution in [0.3, 0.4) is 0 Å². The van der Waals surface area contributed by atoms with Crippen molar-refractivity contribution in [1.82, 2.24) is 4.98 Å². The predicted octanol–water partition coefficient (Wildman–Crippen LogP) is 1.85. The fourth-order valence-electron chi connectivity index (χ4n) is 0.837. The molecule has 4 nitrogen and oxygen atoms in total. The van der Waals surface area contributed by atoms with Crippen LogP contribution in [-0.2, 0) is 6.18 Å². The van der Waals surface area contributed by atoms with E-state index in [1.54, 1.807) is 0 Å². The van der Waals surface area contributed by atoms with E-state index >= 15 is 0 Å². The zero-order valence-corrected chi connectivity index (χ0v) is 7.84. The second-order valence-electron chi connectivity index (χ2n) is 2.52. The van der Waals surface area contributed by atoms with Crippen LogP contribution >= 0.6 is 11.6 Å². The van der Waals surface area contributed by atoms with Gasteiger partial charge in [0.05, 0.1) is 5.56 Å². The maximum atomic E-state index is 12.2. The van der Waals surface area contributed by atoms with Crippen molar-refractivity contribution < 1.29 is 18.4 Å². The molecule has 1 aromatic heterocycles. The quantitative estimate of drug-likeness (QED) is 0.258. The Morgan fingerprint density at radius 3 is 2.47 bits per heavy atom. The number of nitrogens with two attached hydrogens (primary N) is 1. The summed E-state index contributed by atoms with van der Waals surface area (Å²) in [6, 6.07) is 1.67. The minimum atomic E-state index is -4.58. The monoisotopic (exact) mass is 239 g/mol. The lowest BCUT2D eigenvalue weighted by molar-refractivity contribution is -0.141. The summed E-state index contributed by atoms with van der Waals surface area (Å²) in [4.78, 5) is 3.08. The van der Waals surface area contributed by atoms with E-state index in [0.29, 0.717) is 6.07 Å². The van der Waals surface area contributed by atoms with E-state index in [9.17, 15) is 13.2 Å². The molecule has 1 rings (SSSR count). The minimum Gasteiger partial charge on any atom is -0.409 e. The highest BCUT2D eigenvalue weighted by Gasteiger charge is 2.33. The summed E-state index contributed by atoms with van der Waals surface area (Å²) in [5.41, 5.74) is 3.95. The van der Waals surface area contributed by atoms with Gasteiger partial charge in [-0.25, -0.2) is 4.98 Å². The van der Waals surface area contributed by atoms with Gasteiger partial charge in [0.1, 0.15) is 10.8 Å². The number of hydrogen-bond acceptors (Lipinski definition) is 3. The number of alkyl halides is 3. The van der Waals surface area contributed by atoms with Crippen LogP contribution in [0.2, 0.25) is 5.15 Å². The summed E-state index contributed by atoms with van der Waals surface area (Å²) in [6.07, 6.45) is -4.58. The van der Waals surface area contributed by atoms with E-state index in [1.807, 2.05) is 0 Å². The fraction of sp³-hybridized carbons (Fsp3) is 0.143. The molecule has 0 atom stereocenters. The van der Waals surface area contributed by atoms with E-state index in [1.165, 1.54) is 0 Å². The third-order valence-electron chi connectivity index (χ3n) is 1.52. The predicted molar refractivity (Wildman–Crippen MR) is 46.8 cm³/mol. The summed E-state index contributed by atoms with van der Waals surface area (Å²) in [5, 5.41) is 10.4. The zero-order chi connectivity index (χ0) is 11.6. The molecule has 1 heterocycles. The van der Waals surface area contributed by atoms with E-state index in [0.717, 1.165) is 6.07 Å². The Kier molecular flexibility index (Phi) is 3.04. The molecule has 0 saturated heterocycles. The van der Waals surface area contributed by atoms with Crippen molar-refractivity contribution in [2.75, 3.05) is 0 Å². The number of hydrogen-bond donors (Lipinski definition) is 2. The summed E-state index contributed by atoms with van der Waals surface area (Å²) in [7, 11) is 0. The molecule has 0 amide bonds. The van der Waals surface area contributed by atoms with Gasteiger partial charge in [-0.2, -0.15) is 13.2 Å². The van der Waals surface area contributed by atoms with Crippen molar-refractivity contribution >= 4 is 17.4 Å². The van der Waals surface area contributed by atoms with Gasteiger partial charge in [-0.1, -0.05) is 16.8 Å². The minimum absolute atomic E-state index is 0.0628. The fourth-order valence-corrected chi connectivity index (χ4v) is 1.09. The smallest absolute Gasteiger partial charge is 0.409 e. The molecular weight excluding hydrogens is 235 g/mol. The number of pyridine rings is 1. The van der Waals surface area contributed by atoms with Gasteiger partial charge in [-0.15, -0.1) is 0 Å². The molecule has 0 radical (unpaired) electrons. The Hall–Kier alpha value is -1.50. The maximum absolute atomic E-state index is 12.2. The third kappa shape index (κ3) is 2.50. The summed E-state index contributed by atoms with van der Waals surface area (Å²) in [5.74, 6) is -0.402. The summed E-state index contributed by atoms with van der Waals surface area (Å²) < 4.78 is 36.5. The van der Waals surface area contributed by atoms with Crippen LogP contribution in [0, 0.1) is 0 Å². The van der Waals surface area contributed by atoms with Crippen molar-refractivity contribution in [3.8, 4) is 0 Å². The molecule has 0 saturated carbocycles. The zero-order valence-electron chi connectivity index (χ0n) is 7.09. The van der Waals surface area contributed by atoms with Crippen LogP contribution < -0.4 is 5.73 Å². The van der Waals surface area contributed by atoms with Crippen molar-refractivity contribution in [2.24, 2.45) is 10.9 Å². The highest BCUT2D eigenvalue weighted by Crippen LogP contribution is 2.29. The van der Waals surface area contributed by atoms with Crippen molar-refractivity contribution in [1.29, 1.82) is 0 Å². The second-order valence-corrected chi connectivity index (χ2v) is 2.88. The topological polar surface area (TPSA) is 71.5 Å². The van der Waals surface area contributed by atoms with Gasteiger partial charge < -0.3 is 10.9 Å². The SMILES string of the molecule is NC(=NO)c1ccc(C(F)(F)F)nc1Cl. The first-order valence-corrected chi connectivity index (χ1v) is 3.95. The number of aromatic nitrogens is 1. The van der Waals surface area contributed by atoms with Crippen LogP contribution in [0.15, 0.2) is 17.3 Å². The average molecular weight is 240 g/mol. The number of rotatable bonds is 1. The lowest BCUT2D eigenvalue weighted by Crippen LogP contribution is -2.16. The molecule has 0 fully saturated rings. The first-order valence-electron chi connectivity index (χ1n) is 3.58. The Morgan fingerprint density at radius 2 is 2.07 bits per heavy atom. The summed E-state index contributed by atoms with van der Waals surface area (Å²) in [6.45, 7) is 0. The van der Waals surface area contributed by atoms with Crippen molar-refractivity contribution in [3.63, 3.8) is 0 Å². The van der Waals surface area contributed by atoms with Gasteiger partial charge in [0.15, 0.2) is 5.84 Å². The Labute approximate surface area is 87.2 Å². The van der Waals surface area contributed by atoms with Crippen molar-refractivity contribution in [3.05, 3.63) is 28.5 Å². The number of nitrogens with zero attached hydrogens (tertiary/aromatic N) is 2. The van der Waals surface area contributed by atoms with Gasteiger partial charge in [0, 0.05) is 0 Å². The number of halogens is 4. The lowest BCUT2D eigenvalue weighted by Gasteiger charge is -2.07. The lowest BCUT2D eigenvalue weighted by atomic mass is 10.2. The van der Waals surface area contributed by atoms with Crippen LogP contribution in [0.4, 0.5) is 13.2 Å². The Balaban J connectivity index is 3.21. The van der Waals surface area contributed by atoms with Crippen LogP contribution in [0.1, 0.15) is 11.3 Å². The van der Waals surface area contributed by atoms with Crippen LogP contribution in [0.5, 0.6) is 0 Å². The van der Waals surface area contributed by atoms with Gasteiger partial charge in [0.25, 0.3) is 0 Å². The molecule has 0 aliphatic rings. The molecule has 1 aromatic rings. The molecule has 0 aromatic carbocycles. The van der Waals surface area contributed by atoms with Gasteiger partial charge in [-0.05, 0) is 12.1 Å². The average Bonchev–Trinajstić information content (AvgIpc) is 2.15. The molecule has 15 heavy (non-hydrogen) atoms. The highest BCUT2D eigenvalue weighted by molar-refractivity contribution is 6.32. The van der Waals surface area contributed by atoms with Crippen molar-refractivity contribution in [2.45, 2.75) is 6.18 Å². The largest absolute Gasteiger partial charge is 0.433 e. The molecule has 0 spiro atoms. The van der Waals surface area contributed by atoms with Gasteiger partial charge in [0.2, 0.25) is 0 Å². The maximum Gasteiger partial charge on any atom is 0.433 e. The first kappa shape index (κ1) is 11.6. The van der Waals surface area contributed by atoms with E-state index in [4.69, 9.17) is 22.5 Å². The number of oxime groups is 1. The first-order chi connectivity index (χ1) is 6.86. The molecule has 0 bridgehead atoms. The molecule has 0 aliphatic carbocycles. The molecular formula is C7H5ClF3N3O. The normalized spacial score (nSPS) is 12.9. The molecule has 0 aliphatic heterocycles.